The molecule has 5 aromatic rings. The fourth-order valence-corrected chi connectivity index (χ4v) is 7.82. The summed E-state index contributed by atoms with van der Waals surface area (Å²) in [5.41, 5.74) is 8.96. The van der Waals surface area contributed by atoms with E-state index in [-0.39, 0.29) is 23.8 Å². The van der Waals surface area contributed by atoms with Gasteiger partial charge in [-0.1, -0.05) is 60.7 Å². The Morgan fingerprint density at radius 2 is 1.61 bits per heavy atom. The first-order valence-electron chi connectivity index (χ1n) is 18.0. The van der Waals surface area contributed by atoms with Crippen molar-refractivity contribution in [1.82, 2.24) is 25.4 Å². The molecule has 0 aliphatic carbocycles. The summed E-state index contributed by atoms with van der Waals surface area (Å²) in [5, 5.41) is 16.9. The highest BCUT2D eigenvalue weighted by atomic mass is 19.1. The second-order valence-corrected chi connectivity index (χ2v) is 14.2. The number of benzene rings is 3. The van der Waals surface area contributed by atoms with Crippen LogP contribution in [0.25, 0.3) is 22.0 Å². The van der Waals surface area contributed by atoms with Crippen LogP contribution in [0.1, 0.15) is 103 Å². The number of carbonyl (C=O) groups is 2. The average molecular weight is 685 g/mol. The summed E-state index contributed by atoms with van der Waals surface area (Å²) in [6.07, 6.45) is 3.97. The maximum Gasteiger partial charge on any atom is 0.234 e. The Morgan fingerprint density at radius 1 is 0.882 bits per heavy atom. The number of fused-ring (bicyclic) bond motifs is 1. The molecule has 2 saturated heterocycles. The number of nitrogens with zero attached hydrogens (tertiary/aromatic N) is 4. The summed E-state index contributed by atoms with van der Waals surface area (Å²) < 4.78 is 14.3. The molecule has 2 amide bonds. The maximum atomic E-state index is 14.3. The molecule has 0 spiro atoms. The van der Waals surface area contributed by atoms with Crippen molar-refractivity contribution in [2.45, 2.75) is 84.0 Å². The van der Waals surface area contributed by atoms with Gasteiger partial charge >= 0.3 is 0 Å². The van der Waals surface area contributed by atoms with Crippen LogP contribution in [0.5, 0.6) is 0 Å². The van der Waals surface area contributed by atoms with E-state index in [0.717, 1.165) is 76.9 Å². The standard InChI is InChI=1S/C42H45FN6O2/c1-25-34(26(2)43)9-6-10-35(25)27(3)45-41-37-22-39(44-23-38(37)28(4)47-48-41)33-8-5-7-29(21-33)24-49-19-17-31(18-20-49)30-11-13-32(14-12-30)36-15-16-40(50)46-42(36)51/h5-14,21-23,26-27,31,36H,15-20,24H2,1-4H3,(H,45,48)(H,46,50,51)/t26?,27-,36?/m1/s1. The van der Waals surface area contributed by atoms with Crippen LogP contribution in [-0.4, -0.2) is 45.0 Å². The minimum Gasteiger partial charge on any atom is -0.362 e. The molecule has 8 nitrogen and oxygen atoms in total. The van der Waals surface area contributed by atoms with Crippen LogP contribution in [0.15, 0.2) is 79.0 Å². The lowest BCUT2D eigenvalue weighted by atomic mass is 9.86. The monoisotopic (exact) mass is 684 g/mol. The first-order chi connectivity index (χ1) is 24.6. The van der Waals surface area contributed by atoms with E-state index in [0.29, 0.717) is 30.1 Å². The lowest BCUT2D eigenvalue weighted by Crippen LogP contribution is -2.39. The summed E-state index contributed by atoms with van der Waals surface area (Å²) in [7, 11) is 0. The topological polar surface area (TPSA) is 100 Å². The molecular weight excluding hydrogens is 640 g/mol. The van der Waals surface area contributed by atoms with Crippen LogP contribution < -0.4 is 10.6 Å². The molecule has 3 atom stereocenters. The van der Waals surface area contributed by atoms with Gasteiger partial charge in [0.1, 0.15) is 6.17 Å². The molecular formula is C42H45FN6O2. The van der Waals surface area contributed by atoms with Crippen LogP contribution in [0.2, 0.25) is 0 Å². The number of imide groups is 1. The zero-order valence-corrected chi connectivity index (χ0v) is 29.7. The van der Waals surface area contributed by atoms with Crippen LogP contribution in [0.4, 0.5) is 10.2 Å². The molecule has 9 heteroatoms. The lowest BCUT2D eigenvalue weighted by Gasteiger charge is -2.32. The molecule has 0 bridgehead atoms. The van der Waals surface area contributed by atoms with Gasteiger partial charge < -0.3 is 5.32 Å². The van der Waals surface area contributed by atoms with E-state index in [2.05, 4.69) is 87.3 Å². The number of hydrogen-bond acceptors (Lipinski definition) is 7. The van der Waals surface area contributed by atoms with Crippen molar-refractivity contribution in [3.63, 3.8) is 0 Å². The predicted octanol–water partition coefficient (Wildman–Crippen LogP) is 8.41. The quantitative estimate of drug-likeness (QED) is 0.150. The molecule has 2 aliphatic rings. The van der Waals surface area contributed by atoms with Crippen LogP contribution in [0.3, 0.4) is 0 Å². The first-order valence-corrected chi connectivity index (χ1v) is 18.0. The molecule has 2 N–H and O–H groups in total. The smallest absolute Gasteiger partial charge is 0.234 e. The number of rotatable bonds is 9. The third-order valence-electron chi connectivity index (χ3n) is 10.8. The molecule has 2 aromatic heterocycles. The zero-order chi connectivity index (χ0) is 35.6. The van der Waals surface area contributed by atoms with Gasteiger partial charge in [-0.25, -0.2) is 4.39 Å². The summed E-state index contributed by atoms with van der Waals surface area (Å²) in [5.74, 6) is 0.550. The summed E-state index contributed by atoms with van der Waals surface area (Å²) in [6.45, 7) is 10.4. The number of hydrogen-bond donors (Lipinski definition) is 2. The molecule has 2 unspecified atom stereocenters. The zero-order valence-electron chi connectivity index (χ0n) is 29.7. The Morgan fingerprint density at radius 3 is 2.35 bits per heavy atom. The van der Waals surface area contributed by atoms with Crippen LogP contribution in [-0.2, 0) is 16.1 Å². The Bertz CT molecular complexity index is 2070. The molecule has 262 valence electrons. The van der Waals surface area contributed by atoms with E-state index in [1.54, 1.807) is 6.92 Å². The summed E-state index contributed by atoms with van der Waals surface area (Å²) in [6, 6.07) is 24.9. The van der Waals surface area contributed by atoms with Gasteiger partial charge in [0.05, 0.1) is 23.3 Å². The number of alkyl halides is 1. The van der Waals surface area contributed by atoms with Gasteiger partial charge in [-0.05, 0) is 111 Å². The van der Waals surface area contributed by atoms with Gasteiger partial charge in [-0.15, -0.1) is 5.10 Å². The van der Waals surface area contributed by atoms with E-state index in [1.807, 2.05) is 38.2 Å². The highest BCUT2D eigenvalue weighted by molar-refractivity contribution is 6.01. The molecule has 7 rings (SSSR count). The molecule has 2 aliphatic heterocycles. The minimum atomic E-state index is -1.04. The van der Waals surface area contributed by atoms with Crippen molar-refractivity contribution in [2.75, 3.05) is 18.4 Å². The van der Waals surface area contributed by atoms with Gasteiger partial charge in [0.2, 0.25) is 11.8 Å². The second kappa shape index (κ2) is 14.7. The number of aromatic nitrogens is 3. The summed E-state index contributed by atoms with van der Waals surface area (Å²) >= 11 is 0. The third kappa shape index (κ3) is 7.40. The van der Waals surface area contributed by atoms with Gasteiger partial charge in [0.15, 0.2) is 5.82 Å². The van der Waals surface area contributed by atoms with Gasteiger partial charge in [-0.2, -0.15) is 5.10 Å². The average Bonchev–Trinajstić information content (AvgIpc) is 3.13. The highest BCUT2D eigenvalue weighted by Gasteiger charge is 2.28. The van der Waals surface area contributed by atoms with Crippen LogP contribution >= 0.6 is 0 Å². The Hall–Kier alpha value is -5.02. The number of carbonyl (C=O) groups excluding carboxylic acids is 2. The molecule has 4 heterocycles. The fourth-order valence-electron chi connectivity index (χ4n) is 7.82. The molecule has 2 fully saturated rings. The molecule has 0 saturated carbocycles. The van der Waals surface area contributed by atoms with E-state index in [4.69, 9.17) is 4.98 Å². The maximum absolute atomic E-state index is 14.3. The third-order valence-corrected chi connectivity index (χ3v) is 10.8. The number of pyridine rings is 1. The minimum absolute atomic E-state index is 0.106. The van der Waals surface area contributed by atoms with Gasteiger partial charge in [-0.3, -0.25) is 24.8 Å². The number of amides is 2. The number of nitrogens with one attached hydrogen (secondary N) is 2. The van der Waals surface area contributed by atoms with E-state index >= 15 is 0 Å². The molecule has 51 heavy (non-hydrogen) atoms. The number of halogens is 1. The predicted molar refractivity (Wildman–Crippen MR) is 199 cm³/mol. The number of likely N-dealkylation sites (tertiary alicyclic amines) is 1. The fraction of sp³-hybridized carbons (Fsp3) is 0.357. The molecule has 0 radical (unpaired) electrons. The van der Waals surface area contributed by atoms with Crippen molar-refractivity contribution in [2.24, 2.45) is 0 Å². The highest BCUT2D eigenvalue weighted by Crippen LogP contribution is 2.34. The van der Waals surface area contributed by atoms with Crippen molar-refractivity contribution < 1.29 is 14.0 Å². The Kier molecular flexibility index (Phi) is 9.91. The number of aryl methyl sites for hydroxylation is 1. The molecule has 3 aromatic carbocycles. The van der Waals surface area contributed by atoms with Crippen molar-refractivity contribution >= 4 is 28.4 Å². The lowest BCUT2D eigenvalue weighted by molar-refractivity contribution is -0.134. The van der Waals surface area contributed by atoms with E-state index < -0.39 is 6.17 Å². The normalized spacial score (nSPS) is 18.4. The van der Waals surface area contributed by atoms with Crippen molar-refractivity contribution in [3.8, 4) is 11.3 Å². The Labute approximate surface area is 298 Å². The largest absolute Gasteiger partial charge is 0.362 e. The second-order valence-electron chi connectivity index (χ2n) is 14.2. The SMILES string of the molecule is Cc1c(C(C)F)cccc1[C@@H](C)Nc1nnc(C)c2cnc(-c3cccc(CN4CCC(c5ccc(C6CCC(=O)NC6=O)cc5)CC4)c3)cc12. The number of anilines is 1. The van der Waals surface area contributed by atoms with Gasteiger partial charge in [0, 0.05) is 35.5 Å². The van der Waals surface area contributed by atoms with Crippen molar-refractivity contribution in [1.29, 1.82) is 0 Å². The summed E-state index contributed by atoms with van der Waals surface area (Å²) in [4.78, 5) is 31.2. The van der Waals surface area contributed by atoms with E-state index in [9.17, 15) is 14.0 Å². The van der Waals surface area contributed by atoms with Gasteiger partial charge in [0.25, 0.3) is 0 Å². The van der Waals surface area contributed by atoms with Crippen LogP contribution in [0, 0.1) is 13.8 Å². The van der Waals surface area contributed by atoms with E-state index in [1.165, 1.54) is 11.1 Å². The number of piperidine rings is 2. The van der Waals surface area contributed by atoms with Crippen molar-refractivity contribution in [3.05, 3.63) is 118 Å². The Balaban J connectivity index is 1.02. The first kappa shape index (κ1) is 34.4.